The molecule has 6 nitrogen and oxygen atoms in total. The highest BCUT2D eigenvalue weighted by molar-refractivity contribution is 7.88. The predicted molar refractivity (Wildman–Crippen MR) is 134 cm³/mol. The van der Waals surface area contributed by atoms with Crippen molar-refractivity contribution < 1.29 is 17.9 Å². The summed E-state index contributed by atoms with van der Waals surface area (Å²) in [7, 11) is -3.55. The molecule has 1 saturated heterocycles. The van der Waals surface area contributed by atoms with Crippen LogP contribution < -0.4 is 10.1 Å². The van der Waals surface area contributed by atoms with Crippen LogP contribution in [0.25, 0.3) is 0 Å². The van der Waals surface area contributed by atoms with Crippen LogP contribution in [0.3, 0.4) is 0 Å². The molecule has 2 atom stereocenters. The third-order valence-electron chi connectivity index (χ3n) is 7.19. The fraction of sp³-hybridized carbons (Fsp3) is 0.500. The number of hydrogen-bond donors (Lipinski definition) is 1. The Labute approximate surface area is 207 Å². The summed E-state index contributed by atoms with van der Waals surface area (Å²) in [5.41, 5.74) is 1.31. The Kier molecular flexibility index (Phi) is 7.55. The van der Waals surface area contributed by atoms with E-state index in [2.05, 4.69) is 19.2 Å². The van der Waals surface area contributed by atoms with E-state index in [9.17, 15) is 13.2 Å². The summed E-state index contributed by atoms with van der Waals surface area (Å²) in [5.74, 6) is 0.225. The lowest BCUT2D eigenvalue weighted by atomic mass is 9.83. The van der Waals surface area contributed by atoms with Crippen molar-refractivity contribution in [2.24, 2.45) is 5.92 Å². The van der Waals surface area contributed by atoms with Gasteiger partial charge in [0.05, 0.1) is 17.7 Å². The van der Waals surface area contributed by atoms with Gasteiger partial charge in [-0.2, -0.15) is 0 Å². The summed E-state index contributed by atoms with van der Waals surface area (Å²) in [6.45, 7) is 4.86. The third-order valence-corrected chi connectivity index (χ3v) is 9.24. The Hall–Kier alpha value is -2.09. The van der Waals surface area contributed by atoms with Crippen LogP contribution in [0.2, 0.25) is 5.02 Å². The number of amides is 1. The number of ether oxygens (including phenoxy) is 1. The van der Waals surface area contributed by atoms with Crippen LogP contribution in [0.4, 0.5) is 0 Å². The minimum absolute atomic E-state index is 0.0922. The van der Waals surface area contributed by atoms with E-state index in [1.807, 2.05) is 24.3 Å². The van der Waals surface area contributed by atoms with E-state index in [-0.39, 0.29) is 35.8 Å². The normalized spacial score (nSPS) is 22.4. The Bertz CT molecular complexity index is 1130. The number of para-hydroxylation sites is 1. The number of hydrogen-bond acceptors (Lipinski definition) is 4. The molecule has 8 heteroatoms. The minimum Gasteiger partial charge on any atom is -0.487 e. The van der Waals surface area contributed by atoms with Crippen molar-refractivity contribution in [1.29, 1.82) is 0 Å². The minimum atomic E-state index is -3.55. The van der Waals surface area contributed by atoms with E-state index in [4.69, 9.17) is 16.3 Å². The highest BCUT2D eigenvalue weighted by atomic mass is 35.5. The zero-order chi connectivity index (χ0) is 24.3. The molecule has 2 aromatic carbocycles. The van der Waals surface area contributed by atoms with Crippen LogP contribution >= 0.6 is 11.6 Å². The Morgan fingerprint density at radius 3 is 2.68 bits per heavy atom. The first-order valence-corrected chi connectivity index (χ1v) is 14.0. The molecule has 2 heterocycles. The standard InChI is InChI=1S/C26H33ClN2O4S/c1-3-26(4-2)16-23(22-12-5-6-13-24(22)33-26)28-25(30)20-10-8-14-29(17-20)34(31,32)18-19-9-7-11-21(27)15-19/h5-7,9,11-13,15,20,23H,3-4,8,10,14,16-18H2,1-2H3,(H,28,30)/t20-,23-/m1/s1. The van der Waals surface area contributed by atoms with Crippen molar-refractivity contribution in [3.63, 3.8) is 0 Å². The zero-order valence-electron chi connectivity index (χ0n) is 19.8. The van der Waals surface area contributed by atoms with Crippen LogP contribution in [0.15, 0.2) is 48.5 Å². The lowest BCUT2D eigenvalue weighted by molar-refractivity contribution is -0.127. The van der Waals surface area contributed by atoms with Gasteiger partial charge in [-0.3, -0.25) is 4.79 Å². The number of rotatable bonds is 7. The van der Waals surface area contributed by atoms with E-state index in [0.29, 0.717) is 36.4 Å². The van der Waals surface area contributed by atoms with Gasteiger partial charge < -0.3 is 10.1 Å². The first-order chi connectivity index (χ1) is 16.2. The number of nitrogens with zero attached hydrogens (tertiary/aromatic N) is 1. The number of piperidine rings is 1. The van der Waals surface area contributed by atoms with Gasteiger partial charge in [-0.25, -0.2) is 12.7 Å². The van der Waals surface area contributed by atoms with Crippen molar-refractivity contribution >= 4 is 27.5 Å². The molecule has 184 valence electrons. The second-order valence-electron chi connectivity index (χ2n) is 9.38. The highest BCUT2D eigenvalue weighted by Crippen LogP contribution is 2.42. The number of benzene rings is 2. The Balaban J connectivity index is 1.47. The smallest absolute Gasteiger partial charge is 0.224 e. The van der Waals surface area contributed by atoms with E-state index in [1.54, 1.807) is 24.3 Å². The monoisotopic (exact) mass is 504 g/mol. The Morgan fingerprint density at radius 1 is 1.18 bits per heavy atom. The molecule has 2 aliphatic rings. The number of nitrogens with one attached hydrogen (secondary N) is 1. The molecule has 1 fully saturated rings. The van der Waals surface area contributed by atoms with Crippen LogP contribution in [0.5, 0.6) is 5.75 Å². The van der Waals surface area contributed by atoms with Crippen LogP contribution in [-0.4, -0.2) is 37.3 Å². The summed E-state index contributed by atoms with van der Waals surface area (Å²) < 4.78 is 34.0. The van der Waals surface area contributed by atoms with Gasteiger partial charge in [0.15, 0.2) is 0 Å². The number of carbonyl (C=O) groups is 1. The molecule has 0 aromatic heterocycles. The quantitative estimate of drug-likeness (QED) is 0.570. The van der Waals surface area contributed by atoms with Crippen molar-refractivity contribution in [3.8, 4) is 5.75 Å². The summed E-state index contributed by atoms with van der Waals surface area (Å²) >= 11 is 6.02. The van der Waals surface area contributed by atoms with Gasteiger partial charge in [0.1, 0.15) is 11.4 Å². The molecule has 0 aliphatic carbocycles. The molecule has 1 amide bonds. The molecule has 4 rings (SSSR count). The summed E-state index contributed by atoms with van der Waals surface area (Å²) in [6.07, 6.45) is 3.73. The van der Waals surface area contributed by atoms with E-state index in [1.165, 1.54) is 4.31 Å². The van der Waals surface area contributed by atoms with Crippen molar-refractivity contribution in [2.45, 2.75) is 63.3 Å². The maximum atomic E-state index is 13.3. The number of halogens is 1. The summed E-state index contributed by atoms with van der Waals surface area (Å²) in [6, 6.07) is 14.6. The zero-order valence-corrected chi connectivity index (χ0v) is 21.4. The van der Waals surface area contributed by atoms with Gasteiger partial charge in [0, 0.05) is 30.1 Å². The molecule has 2 aromatic rings. The fourth-order valence-corrected chi connectivity index (χ4v) is 6.87. The molecule has 0 saturated carbocycles. The summed E-state index contributed by atoms with van der Waals surface area (Å²) in [4.78, 5) is 13.3. The maximum absolute atomic E-state index is 13.3. The van der Waals surface area contributed by atoms with Gasteiger partial charge in [-0.05, 0) is 49.4 Å². The fourth-order valence-electron chi connectivity index (χ4n) is 5.06. The molecule has 2 aliphatic heterocycles. The second kappa shape index (κ2) is 10.3. The molecule has 0 bridgehead atoms. The van der Waals surface area contributed by atoms with Gasteiger partial charge >= 0.3 is 0 Å². The molecule has 1 N–H and O–H groups in total. The number of carbonyl (C=O) groups excluding carboxylic acids is 1. The Morgan fingerprint density at radius 2 is 1.94 bits per heavy atom. The van der Waals surface area contributed by atoms with Crippen LogP contribution in [-0.2, 0) is 20.6 Å². The number of sulfonamides is 1. The lowest BCUT2D eigenvalue weighted by Crippen LogP contribution is -2.49. The third kappa shape index (κ3) is 5.42. The topological polar surface area (TPSA) is 75.7 Å². The van der Waals surface area contributed by atoms with E-state index >= 15 is 0 Å². The average Bonchev–Trinajstić information content (AvgIpc) is 2.83. The SMILES string of the molecule is CCC1(CC)C[C@@H](NC(=O)[C@@H]2CCCN(S(=O)(=O)Cc3cccc(Cl)c3)C2)c2ccccc2O1. The van der Waals surface area contributed by atoms with E-state index in [0.717, 1.165) is 24.2 Å². The van der Waals surface area contributed by atoms with Crippen molar-refractivity contribution in [3.05, 3.63) is 64.7 Å². The molecule has 34 heavy (non-hydrogen) atoms. The van der Waals surface area contributed by atoms with Gasteiger partial charge in [-0.15, -0.1) is 0 Å². The van der Waals surface area contributed by atoms with Gasteiger partial charge in [0.25, 0.3) is 0 Å². The van der Waals surface area contributed by atoms with Crippen molar-refractivity contribution in [2.75, 3.05) is 13.1 Å². The first kappa shape index (κ1) is 25.0. The van der Waals surface area contributed by atoms with Gasteiger partial charge in [-0.1, -0.05) is 55.8 Å². The first-order valence-electron chi connectivity index (χ1n) is 12.1. The highest BCUT2D eigenvalue weighted by Gasteiger charge is 2.40. The largest absolute Gasteiger partial charge is 0.487 e. The van der Waals surface area contributed by atoms with Crippen molar-refractivity contribution in [1.82, 2.24) is 9.62 Å². The number of fused-ring (bicyclic) bond motifs is 1. The molecular formula is C26H33ClN2O4S. The predicted octanol–water partition coefficient (Wildman–Crippen LogP) is 5.08. The molecule has 0 unspecified atom stereocenters. The van der Waals surface area contributed by atoms with Crippen LogP contribution in [0, 0.1) is 5.92 Å². The second-order valence-corrected chi connectivity index (χ2v) is 11.8. The molecular weight excluding hydrogens is 472 g/mol. The maximum Gasteiger partial charge on any atom is 0.224 e. The molecule has 0 radical (unpaired) electrons. The van der Waals surface area contributed by atoms with Gasteiger partial charge in [0.2, 0.25) is 15.9 Å². The summed E-state index contributed by atoms with van der Waals surface area (Å²) in [5, 5.41) is 3.75. The van der Waals surface area contributed by atoms with Crippen LogP contribution in [0.1, 0.15) is 63.1 Å². The lowest BCUT2D eigenvalue weighted by Gasteiger charge is -2.42. The average molecular weight is 505 g/mol. The van der Waals surface area contributed by atoms with E-state index < -0.39 is 10.0 Å². The molecule has 0 spiro atoms.